The summed E-state index contributed by atoms with van der Waals surface area (Å²) >= 11 is 0. The molecule has 46 heavy (non-hydrogen) atoms. The summed E-state index contributed by atoms with van der Waals surface area (Å²) in [5.41, 5.74) is 14.2. The molecule has 0 saturated carbocycles. The lowest BCUT2D eigenvalue weighted by Crippen LogP contribution is -2.30. The minimum atomic E-state index is -0.153. The molecule has 0 atom stereocenters. The van der Waals surface area contributed by atoms with Crippen LogP contribution in [-0.2, 0) is 25.7 Å². The number of carbonyl (C=O) groups is 2. The third kappa shape index (κ3) is 4.14. The Morgan fingerprint density at radius 3 is 1.39 bits per heavy atom. The zero-order valence-corrected chi connectivity index (χ0v) is 26.4. The molecule has 5 heteroatoms. The lowest BCUT2D eigenvalue weighted by Gasteiger charge is -2.32. The standard InChI is InChI=1S/C41H35NO4/c1-4-19-42-40(43)38-28-17-15-26-20-30(24-11-7-5-8-12-24)34(45-2)22-32(26)36(28)37-29(39(38)41(42)44)18-16-27-21-31(25-13-9-6-10-14-25)35(46-3)23-33(27)37/h5-14,20-23H,4,15-19H2,1-3H3. The van der Waals surface area contributed by atoms with Gasteiger partial charge in [-0.1, -0.05) is 67.6 Å². The molecule has 5 nitrogen and oxygen atoms in total. The van der Waals surface area contributed by atoms with Crippen LogP contribution in [0.25, 0.3) is 44.5 Å². The summed E-state index contributed by atoms with van der Waals surface area (Å²) in [6.45, 7) is 2.43. The maximum absolute atomic E-state index is 14.0. The molecule has 0 saturated heterocycles. The Morgan fingerprint density at radius 2 is 1.00 bits per heavy atom. The van der Waals surface area contributed by atoms with Gasteiger partial charge in [-0.05, 0) is 112 Å². The molecule has 0 fully saturated rings. The van der Waals surface area contributed by atoms with E-state index in [1.165, 1.54) is 16.0 Å². The van der Waals surface area contributed by atoms with Crippen LogP contribution >= 0.6 is 0 Å². The number of rotatable bonds is 6. The molecule has 5 aromatic rings. The third-order valence-corrected chi connectivity index (χ3v) is 9.92. The van der Waals surface area contributed by atoms with Gasteiger partial charge in [0.1, 0.15) is 11.5 Å². The van der Waals surface area contributed by atoms with E-state index in [0.717, 1.165) is 86.4 Å². The van der Waals surface area contributed by atoms with Gasteiger partial charge >= 0.3 is 0 Å². The smallest absolute Gasteiger partial charge is 0.261 e. The second kappa shape index (κ2) is 11.0. The van der Waals surface area contributed by atoms with Gasteiger partial charge in [-0.15, -0.1) is 0 Å². The van der Waals surface area contributed by atoms with Gasteiger partial charge in [0.25, 0.3) is 11.8 Å². The second-order valence-corrected chi connectivity index (χ2v) is 12.4. The summed E-state index contributed by atoms with van der Waals surface area (Å²) < 4.78 is 12.1. The van der Waals surface area contributed by atoms with Crippen molar-refractivity contribution >= 4 is 11.8 Å². The van der Waals surface area contributed by atoms with Crippen molar-refractivity contribution in [3.63, 3.8) is 0 Å². The fraction of sp³-hybridized carbons (Fsp3) is 0.220. The van der Waals surface area contributed by atoms with Crippen molar-refractivity contribution in [3.8, 4) is 56.0 Å². The number of imide groups is 1. The molecule has 3 aliphatic rings. The van der Waals surface area contributed by atoms with Crippen molar-refractivity contribution < 1.29 is 19.1 Å². The highest BCUT2D eigenvalue weighted by Crippen LogP contribution is 2.53. The number of hydrogen-bond acceptors (Lipinski definition) is 4. The lowest BCUT2D eigenvalue weighted by molar-refractivity contribution is 0.0653. The zero-order chi connectivity index (χ0) is 31.5. The van der Waals surface area contributed by atoms with Crippen LogP contribution in [-0.4, -0.2) is 37.5 Å². The molecule has 8 rings (SSSR count). The van der Waals surface area contributed by atoms with Crippen molar-refractivity contribution in [1.29, 1.82) is 0 Å². The Labute approximate surface area is 269 Å². The van der Waals surface area contributed by atoms with Gasteiger partial charge in [0, 0.05) is 17.7 Å². The van der Waals surface area contributed by atoms with Crippen LogP contribution < -0.4 is 9.47 Å². The van der Waals surface area contributed by atoms with Crippen molar-refractivity contribution in [2.45, 2.75) is 39.0 Å². The first-order valence-corrected chi connectivity index (χ1v) is 16.1. The Balaban J connectivity index is 1.44. The van der Waals surface area contributed by atoms with Gasteiger partial charge in [0.15, 0.2) is 0 Å². The Bertz CT molecular complexity index is 1920. The maximum atomic E-state index is 14.0. The summed E-state index contributed by atoms with van der Waals surface area (Å²) in [4.78, 5) is 29.5. The maximum Gasteiger partial charge on any atom is 0.261 e. The number of ether oxygens (including phenoxy) is 2. The number of hydrogen-bond donors (Lipinski definition) is 0. The van der Waals surface area contributed by atoms with E-state index in [-0.39, 0.29) is 11.8 Å². The van der Waals surface area contributed by atoms with Crippen molar-refractivity contribution in [3.05, 3.63) is 118 Å². The van der Waals surface area contributed by atoms with Crippen molar-refractivity contribution in [1.82, 2.24) is 4.90 Å². The van der Waals surface area contributed by atoms with E-state index < -0.39 is 0 Å². The number of nitrogens with zero attached hydrogens (tertiary/aromatic N) is 1. The normalized spacial score (nSPS) is 14.3. The predicted octanol–water partition coefficient (Wildman–Crippen LogP) is 8.58. The monoisotopic (exact) mass is 605 g/mol. The van der Waals surface area contributed by atoms with E-state index in [9.17, 15) is 9.59 Å². The highest BCUT2D eigenvalue weighted by atomic mass is 16.5. The van der Waals surface area contributed by atoms with E-state index in [1.54, 1.807) is 14.2 Å². The average molecular weight is 606 g/mol. The van der Waals surface area contributed by atoms with Gasteiger partial charge in [-0.2, -0.15) is 0 Å². The van der Waals surface area contributed by atoms with Gasteiger partial charge in [-0.25, -0.2) is 0 Å². The molecule has 0 radical (unpaired) electrons. The number of aryl methyl sites for hydroxylation is 2. The summed E-state index contributed by atoms with van der Waals surface area (Å²) in [5, 5.41) is 0. The van der Waals surface area contributed by atoms with E-state index >= 15 is 0 Å². The molecule has 5 aromatic carbocycles. The number of amides is 2. The van der Waals surface area contributed by atoms with Crippen LogP contribution in [0, 0.1) is 0 Å². The Kier molecular flexibility index (Phi) is 6.79. The average Bonchev–Trinajstić information content (AvgIpc) is 3.36. The van der Waals surface area contributed by atoms with Crippen LogP contribution in [0.1, 0.15) is 56.3 Å². The highest BCUT2D eigenvalue weighted by Gasteiger charge is 2.44. The fourth-order valence-electron chi connectivity index (χ4n) is 7.88. The highest BCUT2D eigenvalue weighted by molar-refractivity contribution is 6.25. The van der Waals surface area contributed by atoms with E-state index in [0.29, 0.717) is 30.5 Å². The summed E-state index contributed by atoms with van der Waals surface area (Å²) in [6.07, 6.45) is 3.64. The molecular weight excluding hydrogens is 570 g/mol. The fourth-order valence-corrected chi connectivity index (χ4v) is 7.88. The SMILES string of the molecule is CCCN1C(=O)c2c3c(c4c(c2C1=O)CCc1cc(-c2ccccc2)c(OC)cc1-4)-c1cc(OC)c(-c2ccccc2)cc1CC3. The van der Waals surface area contributed by atoms with Gasteiger partial charge in [-0.3, -0.25) is 14.5 Å². The molecule has 1 aliphatic heterocycles. The Morgan fingerprint density at radius 1 is 0.565 bits per heavy atom. The topological polar surface area (TPSA) is 55.8 Å². The first kappa shape index (κ1) is 28.3. The minimum absolute atomic E-state index is 0.153. The quantitative estimate of drug-likeness (QED) is 0.182. The molecule has 0 N–H and O–H groups in total. The largest absolute Gasteiger partial charge is 0.496 e. The molecule has 0 bridgehead atoms. The first-order chi connectivity index (χ1) is 22.5. The number of fused-ring (bicyclic) bond motifs is 10. The third-order valence-electron chi connectivity index (χ3n) is 9.92. The van der Waals surface area contributed by atoms with Crippen LogP contribution in [0.2, 0.25) is 0 Å². The van der Waals surface area contributed by atoms with E-state index in [1.807, 2.05) is 43.3 Å². The van der Waals surface area contributed by atoms with Crippen molar-refractivity contribution in [2.75, 3.05) is 20.8 Å². The van der Waals surface area contributed by atoms with Crippen LogP contribution in [0.5, 0.6) is 11.5 Å². The van der Waals surface area contributed by atoms with Gasteiger partial charge in [0.05, 0.1) is 25.3 Å². The molecular formula is C41H35NO4. The molecule has 228 valence electrons. The first-order valence-electron chi connectivity index (χ1n) is 16.1. The number of benzene rings is 5. The van der Waals surface area contributed by atoms with Gasteiger partial charge < -0.3 is 9.47 Å². The van der Waals surface area contributed by atoms with Crippen LogP contribution in [0.15, 0.2) is 84.9 Å². The van der Waals surface area contributed by atoms with Crippen LogP contribution in [0.4, 0.5) is 0 Å². The number of methoxy groups -OCH3 is 2. The van der Waals surface area contributed by atoms with Crippen LogP contribution in [0.3, 0.4) is 0 Å². The van der Waals surface area contributed by atoms with E-state index in [2.05, 4.69) is 48.5 Å². The number of carbonyl (C=O) groups excluding carboxylic acids is 2. The zero-order valence-electron chi connectivity index (χ0n) is 26.4. The molecule has 0 unspecified atom stereocenters. The summed E-state index contributed by atoms with van der Waals surface area (Å²) in [6, 6.07) is 29.5. The Hall–Kier alpha value is -5.16. The van der Waals surface area contributed by atoms with Gasteiger partial charge in [0.2, 0.25) is 0 Å². The van der Waals surface area contributed by atoms with Crippen molar-refractivity contribution in [2.24, 2.45) is 0 Å². The molecule has 2 aliphatic carbocycles. The second-order valence-electron chi connectivity index (χ2n) is 12.4. The lowest BCUT2D eigenvalue weighted by atomic mass is 9.71. The molecule has 1 heterocycles. The minimum Gasteiger partial charge on any atom is -0.496 e. The molecule has 2 amide bonds. The van der Waals surface area contributed by atoms with E-state index in [4.69, 9.17) is 9.47 Å². The molecule has 0 spiro atoms. The summed E-state index contributed by atoms with van der Waals surface area (Å²) in [5.74, 6) is 1.27. The summed E-state index contributed by atoms with van der Waals surface area (Å²) in [7, 11) is 3.43. The predicted molar refractivity (Wildman–Crippen MR) is 182 cm³/mol. The molecule has 0 aromatic heterocycles.